The topological polar surface area (TPSA) is 106 Å². The van der Waals surface area contributed by atoms with Crippen LogP contribution >= 0.6 is 12.4 Å². The molecule has 2 aromatic rings. The molecular formula is C11H21ClN6. The Hall–Kier alpha value is -1.40. The molecule has 0 atom stereocenters. The lowest BCUT2D eigenvalue weighted by molar-refractivity contribution is 0.674. The van der Waals surface area contributed by atoms with Gasteiger partial charge in [-0.25, -0.2) is 15.0 Å². The highest BCUT2D eigenvalue weighted by atomic mass is 35.5. The van der Waals surface area contributed by atoms with Crippen LogP contribution in [0, 0.1) is 0 Å². The first kappa shape index (κ1) is 16.6. The van der Waals surface area contributed by atoms with Gasteiger partial charge in [-0.2, -0.15) is 0 Å². The Kier molecular flexibility index (Phi) is 8.86. The minimum absolute atomic E-state index is 0. The fourth-order valence-electron chi connectivity index (χ4n) is 1.35. The number of anilines is 1. The Bertz CT molecular complexity index is 426. The number of fused-ring (bicyclic) bond motifs is 1. The number of H-pyrrole nitrogens is 1. The van der Waals surface area contributed by atoms with Crippen molar-refractivity contribution in [2.45, 2.75) is 32.6 Å². The van der Waals surface area contributed by atoms with Crippen molar-refractivity contribution in [1.82, 2.24) is 19.9 Å². The Balaban J connectivity index is 0.000000326. The van der Waals surface area contributed by atoms with Crippen molar-refractivity contribution in [2.75, 3.05) is 12.3 Å². The zero-order chi connectivity index (χ0) is 12.5. The molecule has 0 saturated heterocycles. The number of hydrogen-bond donors (Lipinski definition) is 3. The van der Waals surface area contributed by atoms with Gasteiger partial charge in [0.2, 0.25) is 0 Å². The zero-order valence-corrected chi connectivity index (χ0v) is 11.4. The van der Waals surface area contributed by atoms with E-state index in [0.29, 0.717) is 17.0 Å². The SMILES string of the molecule is CCCCCCN.Cl.Nc1ncnc2nc[nH]c12. The molecule has 2 rings (SSSR count). The van der Waals surface area contributed by atoms with E-state index in [-0.39, 0.29) is 12.4 Å². The van der Waals surface area contributed by atoms with Gasteiger partial charge in [0.05, 0.1) is 6.33 Å². The predicted molar refractivity (Wildman–Crippen MR) is 76.5 cm³/mol. The summed E-state index contributed by atoms with van der Waals surface area (Å²) in [7, 11) is 0. The molecule has 0 aliphatic heterocycles. The maximum absolute atomic E-state index is 5.48. The van der Waals surface area contributed by atoms with Crippen molar-refractivity contribution < 1.29 is 0 Å². The van der Waals surface area contributed by atoms with Crippen molar-refractivity contribution in [2.24, 2.45) is 5.73 Å². The highest BCUT2D eigenvalue weighted by Gasteiger charge is 1.99. The molecule has 2 aromatic heterocycles. The second-order valence-corrected chi connectivity index (χ2v) is 3.71. The quantitative estimate of drug-likeness (QED) is 0.737. The van der Waals surface area contributed by atoms with Crippen molar-refractivity contribution in [3.05, 3.63) is 12.7 Å². The van der Waals surface area contributed by atoms with Gasteiger partial charge in [-0.15, -0.1) is 12.4 Å². The number of nitrogens with two attached hydrogens (primary N) is 2. The summed E-state index contributed by atoms with van der Waals surface area (Å²) in [5.74, 6) is 0.433. The predicted octanol–water partition coefficient (Wildman–Crippen LogP) is 1.88. The third kappa shape index (κ3) is 5.29. The van der Waals surface area contributed by atoms with E-state index in [1.807, 2.05) is 0 Å². The maximum atomic E-state index is 5.48. The molecule has 0 unspecified atom stereocenters. The molecule has 2 heterocycles. The Morgan fingerprint density at radius 2 is 1.94 bits per heavy atom. The molecule has 0 bridgehead atoms. The fraction of sp³-hybridized carbons (Fsp3) is 0.545. The average molecular weight is 273 g/mol. The summed E-state index contributed by atoms with van der Waals surface area (Å²) in [5.41, 5.74) is 12.0. The number of nitrogens with one attached hydrogen (secondary N) is 1. The lowest BCUT2D eigenvalue weighted by Crippen LogP contribution is -1.97. The van der Waals surface area contributed by atoms with Crippen molar-refractivity contribution in [3.63, 3.8) is 0 Å². The van der Waals surface area contributed by atoms with E-state index < -0.39 is 0 Å². The van der Waals surface area contributed by atoms with Gasteiger partial charge in [0.1, 0.15) is 11.8 Å². The molecule has 7 heteroatoms. The first-order chi connectivity index (χ1) is 8.29. The average Bonchev–Trinajstić information content (AvgIpc) is 2.80. The molecule has 0 radical (unpaired) electrons. The molecule has 5 N–H and O–H groups in total. The van der Waals surface area contributed by atoms with E-state index in [0.717, 1.165) is 6.54 Å². The van der Waals surface area contributed by atoms with Crippen molar-refractivity contribution in [3.8, 4) is 0 Å². The summed E-state index contributed by atoms with van der Waals surface area (Å²) in [6.07, 6.45) is 8.09. The van der Waals surface area contributed by atoms with E-state index in [9.17, 15) is 0 Å². The summed E-state index contributed by atoms with van der Waals surface area (Å²) < 4.78 is 0. The molecule has 0 aliphatic rings. The second-order valence-electron chi connectivity index (χ2n) is 3.71. The highest BCUT2D eigenvalue weighted by molar-refractivity contribution is 5.85. The lowest BCUT2D eigenvalue weighted by atomic mass is 10.2. The van der Waals surface area contributed by atoms with Crippen LogP contribution in [0.15, 0.2) is 12.7 Å². The van der Waals surface area contributed by atoms with Crippen LogP contribution in [0.2, 0.25) is 0 Å². The minimum atomic E-state index is 0. The molecule has 6 nitrogen and oxygen atoms in total. The molecule has 0 fully saturated rings. The lowest BCUT2D eigenvalue weighted by Gasteiger charge is -1.90. The van der Waals surface area contributed by atoms with E-state index in [1.54, 1.807) is 0 Å². The largest absolute Gasteiger partial charge is 0.382 e. The van der Waals surface area contributed by atoms with Crippen LogP contribution in [0.25, 0.3) is 11.2 Å². The van der Waals surface area contributed by atoms with Crippen LogP contribution in [0.3, 0.4) is 0 Å². The Morgan fingerprint density at radius 3 is 2.56 bits per heavy atom. The van der Waals surface area contributed by atoms with Crippen molar-refractivity contribution >= 4 is 29.4 Å². The number of nitrogen functional groups attached to an aromatic ring is 1. The van der Waals surface area contributed by atoms with Gasteiger partial charge in [-0.3, -0.25) is 0 Å². The van der Waals surface area contributed by atoms with E-state index in [4.69, 9.17) is 11.5 Å². The zero-order valence-electron chi connectivity index (χ0n) is 10.6. The molecule has 0 saturated carbocycles. The first-order valence-corrected chi connectivity index (χ1v) is 5.89. The number of aromatic nitrogens is 4. The summed E-state index contributed by atoms with van der Waals surface area (Å²) in [5, 5.41) is 0. The van der Waals surface area contributed by atoms with Crippen LogP contribution in [-0.2, 0) is 0 Å². The molecule has 0 aliphatic carbocycles. The first-order valence-electron chi connectivity index (χ1n) is 5.89. The molecule has 102 valence electrons. The summed E-state index contributed by atoms with van der Waals surface area (Å²) in [4.78, 5) is 14.4. The standard InChI is InChI=1S/C6H15N.C5H5N5.ClH/c1-2-3-4-5-6-7;6-4-3-5(9-1-7-3)10-2-8-4;/h2-7H2,1H3;1-2H,(H3,6,7,8,9,10);1H. The maximum Gasteiger partial charge on any atom is 0.182 e. The van der Waals surface area contributed by atoms with Gasteiger partial charge in [0, 0.05) is 0 Å². The van der Waals surface area contributed by atoms with Gasteiger partial charge in [-0.1, -0.05) is 26.2 Å². The second kappa shape index (κ2) is 9.61. The van der Waals surface area contributed by atoms with Gasteiger partial charge in [0.25, 0.3) is 0 Å². The fourth-order valence-corrected chi connectivity index (χ4v) is 1.35. The molecule has 0 spiro atoms. The monoisotopic (exact) mass is 272 g/mol. The normalized spacial score (nSPS) is 9.44. The number of aromatic amines is 1. The smallest absolute Gasteiger partial charge is 0.182 e. The number of nitrogens with zero attached hydrogens (tertiary/aromatic N) is 3. The van der Waals surface area contributed by atoms with E-state index >= 15 is 0 Å². The van der Waals surface area contributed by atoms with Gasteiger partial charge in [0.15, 0.2) is 11.5 Å². The number of rotatable bonds is 4. The third-order valence-electron chi connectivity index (χ3n) is 2.31. The van der Waals surface area contributed by atoms with Crippen LogP contribution in [0.4, 0.5) is 5.82 Å². The van der Waals surface area contributed by atoms with Gasteiger partial charge in [-0.05, 0) is 13.0 Å². The van der Waals surface area contributed by atoms with Crippen LogP contribution < -0.4 is 11.5 Å². The summed E-state index contributed by atoms with van der Waals surface area (Å²) in [6, 6.07) is 0. The van der Waals surface area contributed by atoms with Crippen molar-refractivity contribution in [1.29, 1.82) is 0 Å². The number of hydrogen-bond acceptors (Lipinski definition) is 5. The van der Waals surface area contributed by atoms with Crippen LogP contribution in [0.1, 0.15) is 32.6 Å². The molecule has 0 amide bonds. The van der Waals surface area contributed by atoms with E-state index in [1.165, 1.54) is 38.3 Å². The van der Waals surface area contributed by atoms with E-state index in [2.05, 4.69) is 26.9 Å². The highest BCUT2D eigenvalue weighted by Crippen LogP contribution is 2.09. The third-order valence-corrected chi connectivity index (χ3v) is 2.31. The molecular weight excluding hydrogens is 252 g/mol. The molecule has 0 aromatic carbocycles. The van der Waals surface area contributed by atoms with Crippen LogP contribution in [0.5, 0.6) is 0 Å². The Labute approximate surface area is 113 Å². The number of unbranched alkanes of at least 4 members (excludes halogenated alkanes) is 3. The minimum Gasteiger partial charge on any atom is -0.382 e. The van der Waals surface area contributed by atoms with Gasteiger partial charge < -0.3 is 16.5 Å². The van der Waals surface area contributed by atoms with Crippen LogP contribution in [-0.4, -0.2) is 26.5 Å². The van der Waals surface area contributed by atoms with Gasteiger partial charge >= 0.3 is 0 Å². The summed E-state index contributed by atoms with van der Waals surface area (Å²) in [6.45, 7) is 3.07. The number of imidazole rings is 1. The summed E-state index contributed by atoms with van der Waals surface area (Å²) >= 11 is 0. The molecule has 18 heavy (non-hydrogen) atoms. The Morgan fingerprint density at radius 1 is 1.17 bits per heavy atom. The number of halogens is 1.